The molecule has 0 aliphatic carbocycles. The zero-order valence-electron chi connectivity index (χ0n) is 14.7. The number of hydrogen-bond donors (Lipinski definition) is 2. The smallest absolute Gasteiger partial charge is 0.352 e. The van der Waals surface area contributed by atoms with Crippen molar-refractivity contribution >= 4 is 35.5 Å². The molecule has 1 aromatic carbocycles. The van der Waals surface area contributed by atoms with E-state index in [0.29, 0.717) is 16.9 Å². The number of nitrogens with one attached hydrogen (secondary N) is 1. The number of aliphatic carboxylic acids is 1. The molecule has 27 heavy (non-hydrogen) atoms. The average Bonchev–Trinajstić information content (AvgIpc) is 2.63. The van der Waals surface area contributed by atoms with Crippen LogP contribution in [0.3, 0.4) is 0 Å². The molecular weight excluding hydrogens is 372 g/mol. The SMILES string of the molecule is CC(=O)OCC1=C(C(=O)O)N2C(=O)[C@@H](NC(=O)c3ccc(C)cc3)[C@H]2SC1. The molecule has 0 saturated carbocycles. The number of benzene rings is 1. The summed E-state index contributed by atoms with van der Waals surface area (Å²) in [6, 6.07) is 6.13. The van der Waals surface area contributed by atoms with Gasteiger partial charge < -0.3 is 15.2 Å². The Morgan fingerprint density at radius 2 is 1.96 bits per heavy atom. The predicted molar refractivity (Wildman–Crippen MR) is 96.8 cm³/mol. The molecule has 2 amide bonds. The molecule has 0 aromatic heterocycles. The third-order valence-corrected chi connectivity index (χ3v) is 5.64. The average molecular weight is 390 g/mol. The maximum atomic E-state index is 12.5. The molecule has 0 unspecified atom stereocenters. The highest BCUT2D eigenvalue weighted by Crippen LogP contribution is 2.40. The summed E-state index contributed by atoms with van der Waals surface area (Å²) in [5.74, 6) is -2.39. The van der Waals surface area contributed by atoms with Crippen LogP contribution in [-0.2, 0) is 19.1 Å². The van der Waals surface area contributed by atoms with Gasteiger partial charge in [-0.15, -0.1) is 11.8 Å². The molecule has 0 radical (unpaired) electrons. The van der Waals surface area contributed by atoms with Crippen molar-refractivity contribution in [2.75, 3.05) is 12.4 Å². The van der Waals surface area contributed by atoms with Gasteiger partial charge in [0, 0.05) is 23.8 Å². The van der Waals surface area contributed by atoms with E-state index < -0.39 is 29.3 Å². The van der Waals surface area contributed by atoms with Gasteiger partial charge in [0.15, 0.2) is 0 Å². The van der Waals surface area contributed by atoms with Crippen LogP contribution in [0.1, 0.15) is 22.8 Å². The number of aryl methyl sites for hydroxylation is 1. The summed E-state index contributed by atoms with van der Waals surface area (Å²) in [7, 11) is 0. The summed E-state index contributed by atoms with van der Waals surface area (Å²) in [6.45, 7) is 2.95. The number of carbonyl (C=O) groups excluding carboxylic acids is 3. The number of nitrogens with zero attached hydrogens (tertiary/aromatic N) is 1. The van der Waals surface area contributed by atoms with Crippen LogP contribution >= 0.6 is 11.8 Å². The Morgan fingerprint density at radius 3 is 2.56 bits per heavy atom. The van der Waals surface area contributed by atoms with E-state index in [4.69, 9.17) is 4.74 Å². The summed E-state index contributed by atoms with van der Waals surface area (Å²) >= 11 is 1.32. The Morgan fingerprint density at radius 1 is 1.30 bits per heavy atom. The Kier molecular flexibility index (Phi) is 5.22. The first-order valence-corrected chi connectivity index (χ1v) is 9.25. The number of esters is 1. The van der Waals surface area contributed by atoms with Gasteiger partial charge in [0.1, 0.15) is 23.7 Å². The first kappa shape index (κ1) is 19.0. The molecule has 2 heterocycles. The monoisotopic (exact) mass is 390 g/mol. The van der Waals surface area contributed by atoms with Gasteiger partial charge in [0.05, 0.1) is 0 Å². The molecule has 3 rings (SSSR count). The molecule has 1 saturated heterocycles. The van der Waals surface area contributed by atoms with Gasteiger partial charge in [-0.3, -0.25) is 19.3 Å². The van der Waals surface area contributed by atoms with Crippen LogP contribution in [0.25, 0.3) is 0 Å². The molecule has 142 valence electrons. The molecule has 2 atom stereocenters. The number of β-lactam (4-membered cyclic amide) rings is 1. The van der Waals surface area contributed by atoms with Crippen LogP contribution in [0.4, 0.5) is 0 Å². The highest BCUT2D eigenvalue weighted by molar-refractivity contribution is 8.00. The van der Waals surface area contributed by atoms with E-state index >= 15 is 0 Å². The number of ether oxygens (including phenoxy) is 1. The van der Waals surface area contributed by atoms with E-state index in [-0.39, 0.29) is 18.2 Å². The van der Waals surface area contributed by atoms with E-state index in [2.05, 4.69) is 5.32 Å². The highest BCUT2D eigenvalue weighted by Gasteiger charge is 2.54. The van der Waals surface area contributed by atoms with E-state index in [9.17, 15) is 24.3 Å². The van der Waals surface area contributed by atoms with Crippen LogP contribution in [0.2, 0.25) is 0 Å². The van der Waals surface area contributed by atoms with Crippen LogP contribution < -0.4 is 5.32 Å². The summed E-state index contributed by atoms with van der Waals surface area (Å²) in [6.07, 6.45) is 0. The molecule has 8 nitrogen and oxygen atoms in total. The quantitative estimate of drug-likeness (QED) is 0.567. The number of carbonyl (C=O) groups is 4. The van der Waals surface area contributed by atoms with Gasteiger partial charge in [-0.25, -0.2) is 4.79 Å². The molecule has 1 fully saturated rings. The van der Waals surface area contributed by atoms with E-state index in [1.807, 2.05) is 6.92 Å². The fraction of sp³-hybridized carbons (Fsp3) is 0.333. The Bertz CT molecular complexity index is 848. The van der Waals surface area contributed by atoms with Gasteiger partial charge in [0.2, 0.25) is 0 Å². The third-order valence-electron chi connectivity index (χ3n) is 4.30. The number of rotatable bonds is 5. The number of carboxylic acids is 1. The molecule has 2 N–H and O–H groups in total. The zero-order chi connectivity index (χ0) is 19.7. The second kappa shape index (κ2) is 7.43. The van der Waals surface area contributed by atoms with Crippen molar-refractivity contribution in [1.82, 2.24) is 10.2 Å². The Balaban J connectivity index is 1.75. The van der Waals surface area contributed by atoms with Crippen LogP contribution in [0.5, 0.6) is 0 Å². The molecule has 2 aliphatic rings. The lowest BCUT2D eigenvalue weighted by Gasteiger charge is -2.49. The molecule has 0 bridgehead atoms. The van der Waals surface area contributed by atoms with Crippen LogP contribution in [-0.4, -0.2) is 57.5 Å². The molecule has 1 aromatic rings. The van der Waals surface area contributed by atoms with E-state index in [0.717, 1.165) is 10.5 Å². The topological polar surface area (TPSA) is 113 Å². The van der Waals surface area contributed by atoms with Gasteiger partial charge in [-0.1, -0.05) is 17.7 Å². The van der Waals surface area contributed by atoms with E-state index in [1.54, 1.807) is 24.3 Å². The second-order valence-corrected chi connectivity index (χ2v) is 7.37. The summed E-state index contributed by atoms with van der Waals surface area (Å²) < 4.78 is 4.88. The minimum Gasteiger partial charge on any atom is -0.477 e. The molecule has 2 aliphatic heterocycles. The van der Waals surface area contributed by atoms with Crippen molar-refractivity contribution in [3.8, 4) is 0 Å². The maximum Gasteiger partial charge on any atom is 0.352 e. The first-order chi connectivity index (χ1) is 12.8. The zero-order valence-corrected chi connectivity index (χ0v) is 15.5. The minimum absolute atomic E-state index is 0.175. The number of fused-ring (bicyclic) bond motifs is 1. The Labute approximate surface area is 159 Å². The molecular formula is C18H18N2O6S. The van der Waals surface area contributed by atoms with Gasteiger partial charge in [-0.2, -0.15) is 0 Å². The first-order valence-electron chi connectivity index (χ1n) is 8.20. The third kappa shape index (κ3) is 3.68. The standard InChI is InChI=1S/C18H18N2O6S/c1-9-3-5-11(6-4-9)15(22)19-13-16(23)20-14(18(24)25)12(7-26-10(2)21)8-27-17(13)20/h3-6,13,17H,7-8H2,1-2H3,(H,19,22)(H,24,25)/t13-,17-/m1/s1. The van der Waals surface area contributed by atoms with E-state index in [1.165, 1.54) is 18.7 Å². The summed E-state index contributed by atoms with van der Waals surface area (Å²) in [5.41, 5.74) is 1.62. The van der Waals surface area contributed by atoms with Crippen molar-refractivity contribution in [2.45, 2.75) is 25.3 Å². The summed E-state index contributed by atoms with van der Waals surface area (Å²) in [4.78, 5) is 48.6. The second-order valence-electron chi connectivity index (χ2n) is 6.26. The van der Waals surface area contributed by atoms with Crippen molar-refractivity contribution < 1.29 is 29.0 Å². The minimum atomic E-state index is -1.26. The number of carboxylic acid groups (broad SMARTS) is 1. The lowest BCUT2D eigenvalue weighted by atomic mass is 10.0. The molecule has 0 spiro atoms. The normalized spacial score (nSPS) is 21.3. The van der Waals surface area contributed by atoms with Gasteiger partial charge in [-0.05, 0) is 19.1 Å². The van der Waals surface area contributed by atoms with Crippen molar-refractivity contribution in [2.24, 2.45) is 0 Å². The molecule has 9 heteroatoms. The fourth-order valence-electron chi connectivity index (χ4n) is 2.91. The lowest BCUT2D eigenvalue weighted by Crippen LogP contribution is -2.70. The fourth-order valence-corrected chi connectivity index (χ4v) is 4.24. The number of thioether (sulfide) groups is 1. The lowest BCUT2D eigenvalue weighted by molar-refractivity contribution is -0.149. The van der Waals surface area contributed by atoms with Crippen molar-refractivity contribution in [1.29, 1.82) is 0 Å². The summed E-state index contributed by atoms with van der Waals surface area (Å²) in [5, 5.41) is 11.7. The number of amides is 2. The predicted octanol–water partition coefficient (Wildman–Crippen LogP) is 0.910. The highest BCUT2D eigenvalue weighted by atomic mass is 32.2. The van der Waals surface area contributed by atoms with Gasteiger partial charge in [0.25, 0.3) is 11.8 Å². The maximum absolute atomic E-state index is 12.5. The van der Waals surface area contributed by atoms with Crippen LogP contribution in [0, 0.1) is 6.92 Å². The Hall–Kier alpha value is -2.81. The van der Waals surface area contributed by atoms with Gasteiger partial charge >= 0.3 is 11.9 Å². The van der Waals surface area contributed by atoms with Crippen molar-refractivity contribution in [3.63, 3.8) is 0 Å². The number of hydrogen-bond acceptors (Lipinski definition) is 6. The van der Waals surface area contributed by atoms with Crippen molar-refractivity contribution in [3.05, 3.63) is 46.7 Å². The van der Waals surface area contributed by atoms with Crippen LogP contribution in [0.15, 0.2) is 35.5 Å². The largest absolute Gasteiger partial charge is 0.477 e.